The number of aromatic carboxylic acids is 1. The second kappa shape index (κ2) is 6.68. The Hall–Kier alpha value is -2.89. The van der Waals surface area contributed by atoms with Gasteiger partial charge in [0.1, 0.15) is 5.82 Å². The smallest absolute Gasteiger partial charge is 0.337 e. The SMILES string of the molecule is CC(=O)N1C[C@H]2CN(c3ccc(C(=O)O)cn3)C[C@H]2[C@H]1c1ccccc1C. The molecule has 140 valence electrons. The topological polar surface area (TPSA) is 73.7 Å². The van der Waals surface area contributed by atoms with E-state index in [-0.39, 0.29) is 17.5 Å². The predicted molar refractivity (Wildman–Crippen MR) is 102 cm³/mol. The van der Waals surface area contributed by atoms with Gasteiger partial charge in [0.05, 0.1) is 11.6 Å². The van der Waals surface area contributed by atoms with E-state index in [0.29, 0.717) is 11.8 Å². The average Bonchev–Trinajstić information content (AvgIpc) is 3.20. The number of rotatable bonds is 3. The lowest BCUT2D eigenvalue weighted by atomic mass is 9.87. The number of benzene rings is 1. The summed E-state index contributed by atoms with van der Waals surface area (Å²) < 4.78 is 0. The third-order valence-electron chi connectivity index (χ3n) is 5.89. The lowest BCUT2D eigenvalue weighted by Crippen LogP contribution is -2.34. The second-order valence-electron chi connectivity index (χ2n) is 7.51. The van der Waals surface area contributed by atoms with Crippen molar-refractivity contribution in [1.29, 1.82) is 0 Å². The molecule has 3 heterocycles. The van der Waals surface area contributed by atoms with E-state index in [9.17, 15) is 9.59 Å². The van der Waals surface area contributed by atoms with E-state index in [4.69, 9.17) is 5.11 Å². The zero-order valence-electron chi connectivity index (χ0n) is 15.5. The monoisotopic (exact) mass is 365 g/mol. The van der Waals surface area contributed by atoms with E-state index in [2.05, 4.69) is 28.9 Å². The molecule has 3 atom stereocenters. The first-order valence-corrected chi connectivity index (χ1v) is 9.22. The lowest BCUT2D eigenvalue weighted by Gasteiger charge is -2.30. The molecule has 1 N–H and O–H groups in total. The molecule has 0 aliphatic carbocycles. The Morgan fingerprint density at radius 2 is 1.89 bits per heavy atom. The van der Waals surface area contributed by atoms with Gasteiger partial charge < -0.3 is 14.9 Å². The van der Waals surface area contributed by atoms with Crippen LogP contribution in [0.1, 0.15) is 34.5 Å². The molecule has 6 nitrogen and oxygen atoms in total. The van der Waals surface area contributed by atoms with Crippen LogP contribution in [0.4, 0.5) is 5.82 Å². The molecule has 27 heavy (non-hydrogen) atoms. The minimum atomic E-state index is -0.968. The van der Waals surface area contributed by atoms with Gasteiger partial charge in [-0.15, -0.1) is 0 Å². The molecule has 0 bridgehead atoms. The molecular formula is C21H23N3O3. The highest BCUT2D eigenvalue weighted by Gasteiger charge is 2.49. The van der Waals surface area contributed by atoms with Gasteiger partial charge in [-0.05, 0) is 30.2 Å². The molecule has 0 spiro atoms. The second-order valence-corrected chi connectivity index (χ2v) is 7.51. The lowest BCUT2D eigenvalue weighted by molar-refractivity contribution is -0.130. The molecule has 0 radical (unpaired) electrons. The number of fused-ring (bicyclic) bond motifs is 1. The first-order chi connectivity index (χ1) is 13.0. The van der Waals surface area contributed by atoms with E-state index < -0.39 is 5.97 Å². The zero-order chi connectivity index (χ0) is 19.1. The Labute approximate surface area is 158 Å². The van der Waals surface area contributed by atoms with Crippen molar-refractivity contribution in [3.05, 3.63) is 59.3 Å². The van der Waals surface area contributed by atoms with Crippen LogP contribution in [0, 0.1) is 18.8 Å². The van der Waals surface area contributed by atoms with Crippen molar-refractivity contribution >= 4 is 17.7 Å². The van der Waals surface area contributed by atoms with E-state index in [1.54, 1.807) is 19.1 Å². The first kappa shape index (κ1) is 17.5. The fourth-order valence-corrected chi connectivity index (χ4v) is 4.57. The molecule has 2 fully saturated rings. The number of carboxylic acids is 1. The van der Waals surface area contributed by atoms with Gasteiger partial charge in [0.15, 0.2) is 0 Å². The van der Waals surface area contributed by atoms with Crippen LogP contribution in [-0.4, -0.2) is 46.5 Å². The number of carbonyl (C=O) groups is 2. The Morgan fingerprint density at radius 1 is 1.11 bits per heavy atom. The minimum Gasteiger partial charge on any atom is -0.478 e. The number of carbonyl (C=O) groups excluding carboxylic acids is 1. The number of amides is 1. The van der Waals surface area contributed by atoms with Crippen LogP contribution < -0.4 is 4.90 Å². The number of aryl methyl sites for hydroxylation is 1. The molecule has 0 saturated carbocycles. The van der Waals surface area contributed by atoms with Crippen LogP contribution in [0.15, 0.2) is 42.6 Å². The summed E-state index contributed by atoms with van der Waals surface area (Å²) in [5.41, 5.74) is 2.62. The Morgan fingerprint density at radius 3 is 2.52 bits per heavy atom. The summed E-state index contributed by atoms with van der Waals surface area (Å²) in [6, 6.07) is 11.7. The molecule has 2 aliphatic heterocycles. The summed E-state index contributed by atoms with van der Waals surface area (Å²) in [5, 5.41) is 9.05. The normalized spacial score (nSPS) is 24.1. The maximum absolute atomic E-state index is 12.3. The highest BCUT2D eigenvalue weighted by molar-refractivity contribution is 5.87. The first-order valence-electron chi connectivity index (χ1n) is 9.22. The molecule has 0 unspecified atom stereocenters. The van der Waals surface area contributed by atoms with Gasteiger partial charge in [-0.2, -0.15) is 0 Å². The number of carboxylic acid groups (broad SMARTS) is 1. The van der Waals surface area contributed by atoms with Crippen molar-refractivity contribution in [2.75, 3.05) is 24.5 Å². The molecule has 6 heteroatoms. The highest BCUT2D eigenvalue weighted by atomic mass is 16.4. The van der Waals surface area contributed by atoms with Gasteiger partial charge in [0, 0.05) is 44.6 Å². The number of aromatic nitrogens is 1. The summed E-state index contributed by atoms with van der Waals surface area (Å²) in [7, 11) is 0. The molecule has 1 aromatic heterocycles. The summed E-state index contributed by atoms with van der Waals surface area (Å²) in [6.07, 6.45) is 1.41. The summed E-state index contributed by atoms with van der Waals surface area (Å²) in [5.74, 6) is 0.680. The molecule has 1 aromatic carbocycles. The summed E-state index contributed by atoms with van der Waals surface area (Å²) in [6.45, 7) is 6.14. The van der Waals surface area contributed by atoms with Gasteiger partial charge in [0.25, 0.3) is 0 Å². The van der Waals surface area contributed by atoms with E-state index in [1.165, 1.54) is 17.3 Å². The van der Waals surface area contributed by atoms with Crippen LogP contribution >= 0.6 is 0 Å². The molecule has 1 amide bonds. The number of nitrogens with zero attached hydrogens (tertiary/aromatic N) is 3. The van der Waals surface area contributed by atoms with Crippen LogP contribution in [0.25, 0.3) is 0 Å². The maximum atomic E-state index is 12.3. The molecular weight excluding hydrogens is 342 g/mol. The minimum absolute atomic E-state index is 0.0805. The number of hydrogen-bond acceptors (Lipinski definition) is 4. The molecule has 4 rings (SSSR count). The van der Waals surface area contributed by atoms with Crippen molar-refractivity contribution < 1.29 is 14.7 Å². The van der Waals surface area contributed by atoms with E-state index in [0.717, 1.165) is 25.5 Å². The third kappa shape index (κ3) is 3.05. The zero-order valence-corrected chi connectivity index (χ0v) is 15.5. The average molecular weight is 365 g/mol. The van der Waals surface area contributed by atoms with Crippen LogP contribution in [0.5, 0.6) is 0 Å². The molecule has 2 saturated heterocycles. The van der Waals surface area contributed by atoms with Crippen LogP contribution in [0.2, 0.25) is 0 Å². The van der Waals surface area contributed by atoms with Crippen molar-refractivity contribution in [1.82, 2.24) is 9.88 Å². The van der Waals surface area contributed by atoms with Crippen molar-refractivity contribution in [2.24, 2.45) is 11.8 Å². The van der Waals surface area contributed by atoms with Crippen molar-refractivity contribution in [3.8, 4) is 0 Å². The van der Waals surface area contributed by atoms with E-state index in [1.807, 2.05) is 17.0 Å². The molecule has 2 aliphatic rings. The van der Waals surface area contributed by atoms with E-state index >= 15 is 0 Å². The van der Waals surface area contributed by atoms with Gasteiger partial charge in [-0.3, -0.25) is 4.79 Å². The molecule has 2 aromatic rings. The van der Waals surface area contributed by atoms with Gasteiger partial charge in [0.2, 0.25) is 5.91 Å². The quantitative estimate of drug-likeness (QED) is 0.905. The standard InChI is InChI=1S/C21H23N3O3/c1-13-5-3-4-6-17(13)20-18-12-23(10-16(18)11-24(20)14(2)25)19-8-7-15(9-22-19)21(26)27/h3-9,16,18,20H,10-12H2,1-2H3,(H,26,27)/t16-,18-,20-/m1/s1. The van der Waals surface area contributed by atoms with Crippen molar-refractivity contribution in [2.45, 2.75) is 19.9 Å². The van der Waals surface area contributed by atoms with Crippen LogP contribution in [-0.2, 0) is 4.79 Å². The van der Waals surface area contributed by atoms with Gasteiger partial charge >= 0.3 is 5.97 Å². The fourth-order valence-electron chi connectivity index (χ4n) is 4.57. The third-order valence-corrected chi connectivity index (χ3v) is 5.89. The van der Waals surface area contributed by atoms with Crippen molar-refractivity contribution in [3.63, 3.8) is 0 Å². The fraction of sp³-hybridized carbons (Fsp3) is 0.381. The van der Waals surface area contributed by atoms with Crippen LogP contribution in [0.3, 0.4) is 0 Å². The Balaban J connectivity index is 1.61. The van der Waals surface area contributed by atoms with Gasteiger partial charge in [-0.25, -0.2) is 9.78 Å². The Kier molecular flexibility index (Phi) is 4.34. The highest BCUT2D eigenvalue weighted by Crippen LogP contribution is 2.46. The Bertz CT molecular complexity index is 880. The largest absolute Gasteiger partial charge is 0.478 e. The predicted octanol–water partition coefficient (Wildman–Crippen LogP) is 2.74. The van der Waals surface area contributed by atoms with Gasteiger partial charge in [-0.1, -0.05) is 24.3 Å². The number of likely N-dealkylation sites (tertiary alicyclic amines) is 1. The number of anilines is 1. The maximum Gasteiger partial charge on any atom is 0.337 e. The summed E-state index contributed by atoms with van der Waals surface area (Å²) >= 11 is 0. The number of hydrogen-bond donors (Lipinski definition) is 1. The summed E-state index contributed by atoms with van der Waals surface area (Å²) in [4.78, 5) is 31.9. The number of pyridine rings is 1.